The van der Waals surface area contributed by atoms with Gasteiger partial charge in [-0.25, -0.2) is 4.39 Å². The summed E-state index contributed by atoms with van der Waals surface area (Å²) in [6.45, 7) is 0.432. The molecule has 2 aromatic rings. The van der Waals surface area contributed by atoms with Crippen LogP contribution in [-0.4, -0.2) is 30.8 Å². The fourth-order valence-corrected chi connectivity index (χ4v) is 2.91. The van der Waals surface area contributed by atoms with Gasteiger partial charge in [-0.1, -0.05) is 24.3 Å². The molecule has 0 spiro atoms. The summed E-state index contributed by atoms with van der Waals surface area (Å²) in [5.74, 6) is -0.152. The Hall–Kier alpha value is -2.69. The lowest BCUT2D eigenvalue weighted by molar-refractivity contribution is -0.122. The first-order chi connectivity index (χ1) is 12.0. The van der Waals surface area contributed by atoms with Crippen LogP contribution in [0.3, 0.4) is 0 Å². The minimum absolute atomic E-state index is 0.0165. The Morgan fingerprint density at radius 1 is 1.08 bits per heavy atom. The predicted octanol–water partition coefficient (Wildman–Crippen LogP) is 2.95. The summed E-state index contributed by atoms with van der Waals surface area (Å²) in [6.07, 6.45) is 0.799. The smallest absolute Gasteiger partial charge is 0.253 e. The van der Waals surface area contributed by atoms with Crippen LogP contribution in [0.4, 0.5) is 4.39 Å². The minimum Gasteiger partial charge on any atom is -0.352 e. The van der Waals surface area contributed by atoms with Gasteiger partial charge in [0.25, 0.3) is 5.91 Å². The Morgan fingerprint density at radius 2 is 1.72 bits per heavy atom. The second-order valence-corrected chi connectivity index (χ2v) is 6.61. The first-order valence-electron chi connectivity index (χ1n) is 8.29. The number of rotatable bonds is 5. The Morgan fingerprint density at radius 3 is 2.32 bits per heavy atom. The van der Waals surface area contributed by atoms with Crippen molar-refractivity contribution in [2.24, 2.45) is 5.92 Å². The molecule has 0 bridgehead atoms. The topological polar surface area (TPSA) is 49.4 Å². The average Bonchev–Trinajstić information content (AvgIpc) is 3.41. The lowest BCUT2D eigenvalue weighted by Gasteiger charge is -2.11. The largest absolute Gasteiger partial charge is 0.352 e. The predicted molar refractivity (Wildman–Crippen MR) is 93.6 cm³/mol. The van der Waals surface area contributed by atoms with E-state index in [0.29, 0.717) is 12.1 Å². The molecule has 4 nitrogen and oxygen atoms in total. The van der Waals surface area contributed by atoms with E-state index < -0.39 is 0 Å². The van der Waals surface area contributed by atoms with Crippen LogP contribution in [0.1, 0.15) is 33.8 Å². The molecule has 0 heterocycles. The average molecular weight is 340 g/mol. The third-order valence-electron chi connectivity index (χ3n) is 4.50. The van der Waals surface area contributed by atoms with Crippen molar-refractivity contribution in [2.75, 3.05) is 14.1 Å². The molecule has 2 aromatic carbocycles. The quantitative estimate of drug-likeness (QED) is 0.910. The van der Waals surface area contributed by atoms with Gasteiger partial charge < -0.3 is 10.2 Å². The highest BCUT2D eigenvalue weighted by Gasteiger charge is 2.43. The summed E-state index contributed by atoms with van der Waals surface area (Å²) in [7, 11) is 3.42. The van der Waals surface area contributed by atoms with Gasteiger partial charge in [0.1, 0.15) is 5.82 Å². The summed E-state index contributed by atoms with van der Waals surface area (Å²) in [4.78, 5) is 25.6. The third kappa shape index (κ3) is 4.05. The van der Waals surface area contributed by atoms with Gasteiger partial charge in [-0.05, 0) is 47.7 Å². The van der Waals surface area contributed by atoms with Crippen molar-refractivity contribution in [3.05, 3.63) is 71.0 Å². The normalized spacial score (nSPS) is 18.5. The second-order valence-electron chi connectivity index (χ2n) is 6.61. The number of carbonyl (C=O) groups excluding carboxylic acids is 2. The van der Waals surface area contributed by atoms with Crippen LogP contribution >= 0.6 is 0 Å². The van der Waals surface area contributed by atoms with E-state index in [2.05, 4.69) is 5.32 Å². The fraction of sp³-hybridized carbons (Fsp3) is 0.300. The van der Waals surface area contributed by atoms with E-state index >= 15 is 0 Å². The van der Waals surface area contributed by atoms with Crippen molar-refractivity contribution in [1.29, 1.82) is 0 Å². The van der Waals surface area contributed by atoms with Gasteiger partial charge in [0.15, 0.2) is 0 Å². The van der Waals surface area contributed by atoms with Crippen molar-refractivity contribution in [2.45, 2.75) is 18.9 Å². The van der Waals surface area contributed by atoms with Crippen LogP contribution in [0.15, 0.2) is 48.5 Å². The number of carbonyl (C=O) groups is 2. The van der Waals surface area contributed by atoms with Crippen LogP contribution in [0.5, 0.6) is 0 Å². The molecule has 0 aliphatic heterocycles. The molecular formula is C20H21FN2O2. The Labute approximate surface area is 146 Å². The zero-order valence-electron chi connectivity index (χ0n) is 14.3. The molecule has 1 fully saturated rings. The third-order valence-corrected chi connectivity index (χ3v) is 4.50. The summed E-state index contributed by atoms with van der Waals surface area (Å²) in [5, 5.41) is 2.94. The van der Waals surface area contributed by atoms with Crippen LogP contribution < -0.4 is 5.32 Å². The summed E-state index contributed by atoms with van der Waals surface area (Å²) in [6, 6.07) is 13.6. The lowest BCUT2D eigenvalue weighted by atomic mass is 10.1. The van der Waals surface area contributed by atoms with Crippen molar-refractivity contribution >= 4 is 11.8 Å². The van der Waals surface area contributed by atoms with Crippen molar-refractivity contribution in [1.82, 2.24) is 10.2 Å². The maximum atomic E-state index is 13.0. The highest BCUT2D eigenvalue weighted by Crippen LogP contribution is 2.47. The van der Waals surface area contributed by atoms with Crippen LogP contribution in [-0.2, 0) is 11.3 Å². The molecule has 2 atom stereocenters. The standard InChI is InChI=1S/C20H21FN2O2/c1-23(2)20(25)15-5-3-13(4-6-15)12-22-19(24)18-11-17(18)14-7-9-16(21)10-8-14/h3-10,17-18H,11-12H2,1-2H3,(H,22,24). The second kappa shape index (κ2) is 7.05. The molecule has 2 amide bonds. The Kier molecular flexibility index (Phi) is 4.83. The highest BCUT2D eigenvalue weighted by atomic mass is 19.1. The van der Waals surface area contributed by atoms with Crippen LogP contribution in [0.25, 0.3) is 0 Å². The molecule has 3 rings (SSSR count). The number of nitrogens with one attached hydrogen (secondary N) is 1. The van der Waals surface area contributed by atoms with Gasteiger partial charge in [0.2, 0.25) is 5.91 Å². The van der Waals surface area contributed by atoms with Crippen LogP contribution in [0.2, 0.25) is 0 Å². The SMILES string of the molecule is CN(C)C(=O)c1ccc(CNC(=O)C2CC2c2ccc(F)cc2)cc1. The molecule has 2 unspecified atom stereocenters. The van der Waals surface area contributed by atoms with E-state index in [0.717, 1.165) is 17.5 Å². The first-order valence-corrected chi connectivity index (χ1v) is 8.29. The minimum atomic E-state index is -0.262. The Bertz CT molecular complexity index is 769. The maximum absolute atomic E-state index is 13.0. The molecule has 0 aromatic heterocycles. The number of amides is 2. The first kappa shape index (κ1) is 17.1. The van der Waals surface area contributed by atoms with E-state index in [9.17, 15) is 14.0 Å². The molecule has 1 N–H and O–H groups in total. The van der Waals surface area contributed by atoms with Crippen LogP contribution in [0, 0.1) is 11.7 Å². The number of nitrogens with zero attached hydrogens (tertiary/aromatic N) is 1. The van der Waals surface area contributed by atoms with E-state index in [4.69, 9.17) is 0 Å². The van der Waals surface area contributed by atoms with Gasteiger partial charge in [0, 0.05) is 32.1 Å². The van der Waals surface area contributed by atoms with Gasteiger partial charge in [0.05, 0.1) is 0 Å². The number of halogens is 1. The molecular weight excluding hydrogens is 319 g/mol. The van der Waals surface area contributed by atoms with Crippen molar-refractivity contribution in [3.63, 3.8) is 0 Å². The lowest BCUT2D eigenvalue weighted by Crippen LogP contribution is -2.25. The molecule has 1 saturated carbocycles. The monoisotopic (exact) mass is 340 g/mol. The molecule has 25 heavy (non-hydrogen) atoms. The molecule has 1 aliphatic rings. The number of hydrogen-bond donors (Lipinski definition) is 1. The van der Waals surface area contributed by atoms with E-state index in [1.54, 1.807) is 38.4 Å². The summed E-state index contributed by atoms with van der Waals surface area (Å²) >= 11 is 0. The molecule has 0 radical (unpaired) electrons. The zero-order chi connectivity index (χ0) is 18.0. The number of hydrogen-bond acceptors (Lipinski definition) is 2. The molecule has 5 heteroatoms. The van der Waals surface area contributed by atoms with E-state index in [1.165, 1.54) is 17.0 Å². The van der Waals surface area contributed by atoms with Gasteiger partial charge in [-0.15, -0.1) is 0 Å². The van der Waals surface area contributed by atoms with Crippen molar-refractivity contribution in [3.8, 4) is 0 Å². The van der Waals surface area contributed by atoms with E-state index in [1.807, 2.05) is 12.1 Å². The molecule has 0 saturated heterocycles. The summed E-state index contributed by atoms with van der Waals surface area (Å²) < 4.78 is 13.0. The van der Waals surface area contributed by atoms with E-state index in [-0.39, 0.29) is 29.5 Å². The molecule has 1 aliphatic carbocycles. The van der Waals surface area contributed by atoms with Gasteiger partial charge >= 0.3 is 0 Å². The number of benzene rings is 2. The fourth-order valence-electron chi connectivity index (χ4n) is 2.91. The van der Waals surface area contributed by atoms with Gasteiger partial charge in [-0.3, -0.25) is 9.59 Å². The molecule has 130 valence electrons. The van der Waals surface area contributed by atoms with Gasteiger partial charge in [-0.2, -0.15) is 0 Å². The highest BCUT2D eigenvalue weighted by molar-refractivity contribution is 5.93. The Balaban J connectivity index is 1.51. The summed E-state index contributed by atoms with van der Waals surface area (Å²) in [5.41, 5.74) is 2.58. The zero-order valence-corrected chi connectivity index (χ0v) is 14.3. The maximum Gasteiger partial charge on any atom is 0.253 e. The van der Waals surface area contributed by atoms with Crippen molar-refractivity contribution < 1.29 is 14.0 Å².